The minimum absolute atomic E-state index is 0.0532. The monoisotopic (exact) mass is 267 g/mol. The van der Waals surface area contributed by atoms with Crippen molar-refractivity contribution in [2.75, 3.05) is 0 Å². The summed E-state index contributed by atoms with van der Waals surface area (Å²) in [5.41, 5.74) is 0. The van der Waals surface area contributed by atoms with E-state index in [0.717, 1.165) is 12.8 Å². The molecule has 0 bridgehead atoms. The zero-order valence-electron chi connectivity index (χ0n) is 13.2. The Hall–Kier alpha value is -0.990. The van der Waals surface area contributed by atoms with Crippen molar-refractivity contribution in [1.29, 1.82) is 0 Å². The number of ether oxygens (including phenoxy) is 1. The second kappa shape index (κ2) is 6.97. The van der Waals surface area contributed by atoms with Crippen LogP contribution in [-0.2, 0) is 4.74 Å². The van der Waals surface area contributed by atoms with Gasteiger partial charge in [0.15, 0.2) is 0 Å². The number of amides is 1. The molecule has 0 spiro atoms. The number of allylic oxidation sites excluding steroid dienone is 1. The van der Waals surface area contributed by atoms with Crippen molar-refractivity contribution in [3.8, 4) is 0 Å². The van der Waals surface area contributed by atoms with Crippen LogP contribution < -0.4 is 0 Å². The van der Waals surface area contributed by atoms with Gasteiger partial charge in [-0.05, 0) is 58.4 Å². The second-order valence-electron chi connectivity index (χ2n) is 6.39. The number of nitrogens with zero attached hydrogens (tertiary/aromatic N) is 1. The van der Waals surface area contributed by atoms with Crippen molar-refractivity contribution in [3.05, 3.63) is 12.2 Å². The van der Waals surface area contributed by atoms with Crippen molar-refractivity contribution >= 4 is 6.09 Å². The van der Waals surface area contributed by atoms with Gasteiger partial charge in [-0.1, -0.05) is 19.9 Å². The maximum atomic E-state index is 12.2. The molecule has 0 aromatic carbocycles. The molecule has 0 fully saturated rings. The molecule has 0 saturated carbocycles. The first-order chi connectivity index (χ1) is 8.82. The van der Waals surface area contributed by atoms with Crippen LogP contribution in [0.3, 0.4) is 0 Å². The molecule has 0 saturated heterocycles. The zero-order chi connectivity index (χ0) is 14.6. The third kappa shape index (κ3) is 4.55. The predicted octanol–water partition coefficient (Wildman–Crippen LogP) is 4.23. The Labute approximate surface area is 118 Å². The summed E-state index contributed by atoms with van der Waals surface area (Å²) < 4.78 is 5.60. The first-order valence-electron chi connectivity index (χ1n) is 7.50. The molecule has 1 amide bonds. The highest BCUT2D eigenvalue weighted by Crippen LogP contribution is 2.26. The number of hydrogen-bond acceptors (Lipinski definition) is 2. The summed E-state index contributed by atoms with van der Waals surface area (Å²) in [6.45, 7) is 12.6. The van der Waals surface area contributed by atoms with Crippen LogP contribution in [0.1, 0.15) is 54.4 Å². The second-order valence-corrected chi connectivity index (χ2v) is 6.39. The van der Waals surface area contributed by atoms with Gasteiger partial charge in [0.25, 0.3) is 0 Å². The summed E-state index contributed by atoms with van der Waals surface area (Å²) in [5, 5.41) is 0. The van der Waals surface area contributed by atoms with Crippen LogP contribution in [0.25, 0.3) is 0 Å². The molecule has 0 radical (unpaired) electrons. The summed E-state index contributed by atoms with van der Waals surface area (Å²) >= 11 is 0. The van der Waals surface area contributed by atoms with Crippen molar-refractivity contribution < 1.29 is 9.53 Å². The van der Waals surface area contributed by atoms with Gasteiger partial charge in [0, 0.05) is 12.1 Å². The minimum atomic E-state index is -0.192. The van der Waals surface area contributed by atoms with E-state index in [1.54, 1.807) is 4.90 Å². The molecule has 3 heteroatoms. The first kappa shape index (κ1) is 16.1. The highest BCUT2D eigenvalue weighted by Gasteiger charge is 2.26. The lowest BCUT2D eigenvalue weighted by Gasteiger charge is -2.32. The predicted molar refractivity (Wildman–Crippen MR) is 79.1 cm³/mol. The average molecular weight is 267 g/mol. The molecule has 1 aliphatic carbocycles. The van der Waals surface area contributed by atoms with Crippen LogP contribution in [-0.4, -0.2) is 29.2 Å². The largest absolute Gasteiger partial charge is 0.442 e. The molecule has 0 aromatic rings. The van der Waals surface area contributed by atoms with Crippen LogP contribution in [0.5, 0.6) is 0 Å². The minimum Gasteiger partial charge on any atom is -0.442 e. The number of carbonyl (C=O) groups excluding carboxylic acids is 1. The Balaban J connectivity index is 2.56. The molecular weight excluding hydrogens is 238 g/mol. The Kier molecular flexibility index (Phi) is 5.89. The van der Waals surface area contributed by atoms with Crippen LogP contribution in [0, 0.1) is 11.8 Å². The van der Waals surface area contributed by atoms with E-state index in [4.69, 9.17) is 4.74 Å². The quantitative estimate of drug-likeness (QED) is 0.713. The summed E-state index contributed by atoms with van der Waals surface area (Å²) in [6.07, 6.45) is 6.07. The summed E-state index contributed by atoms with van der Waals surface area (Å²) in [7, 11) is 0. The average Bonchev–Trinajstić information content (AvgIpc) is 2.28. The molecule has 0 unspecified atom stereocenters. The van der Waals surface area contributed by atoms with Crippen LogP contribution in [0.4, 0.5) is 4.79 Å². The van der Waals surface area contributed by atoms with E-state index in [1.807, 2.05) is 27.7 Å². The van der Waals surface area contributed by atoms with Crippen LogP contribution >= 0.6 is 0 Å². The highest BCUT2D eigenvalue weighted by molar-refractivity contribution is 5.68. The standard InChI is InChI=1S/C16H29NO2/c1-11(2)14-7-9-15(10-8-14)19-16(18)17(12(3)4)13(5)6/h7,9,11-15H,8,10H2,1-6H3/t14-,15+/m1/s1. The molecule has 1 aliphatic rings. The van der Waals surface area contributed by atoms with E-state index in [-0.39, 0.29) is 24.3 Å². The van der Waals surface area contributed by atoms with Gasteiger partial charge in [0.2, 0.25) is 0 Å². The molecule has 3 nitrogen and oxygen atoms in total. The molecule has 19 heavy (non-hydrogen) atoms. The smallest absolute Gasteiger partial charge is 0.410 e. The van der Waals surface area contributed by atoms with Crippen molar-refractivity contribution in [2.45, 2.75) is 72.6 Å². The molecule has 0 aromatic heterocycles. The van der Waals surface area contributed by atoms with E-state index in [9.17, 15) is 4.79 Å². The maximum absolute atomic E-state index is 12.2. The molecule has 0 N–H and O–H groups in total. The van der Waals surface area contributed by atoms with Gasteiger partial charge in [-0.3, -0.25) is 0 Å². The summed E-state index contributed by atoms with van der Waals surface area (Å²) in [4.78, 5) is 14.0. The Morgan fingerprint density at radius 2 is 1.63 bits per heavy atom. The fourth-order valence-electron chi connectivity index (χ4n) is 2.68. The molecule has 110 valence electrons. The third-order valence-electron chi connectivity index (χ3n) is 3.79. The van der Waals surface area contributed by atoms with E-state index in [2.05, 4.69) is 26.0 Å². The van der Waals surface area contributed by atoms with Crippen molar-refractivity contribution in [2.24, 2.45) is 11.8 Å². The molecule has 1 rings (SSSR count). The summed E-state index contributed by atoms with van der Waals surface area (Å²) in [6, 6.07) is 0.340. The summed E-state index contributed by atoms with van der Waals surface area (Å²) in [5.74, 6) is 1.29. The van der Waals surface area contributed by atoms with Gasteiger partial charge >= 0.3 is 6.09 Å². The van der Waals surface area contributed by atoms with Gasteiger partial charge in [-0.15, -0.1) is 0 Å². The van der Waals surface area contributed by atoms with E-state index in [1.165, 1.54) is 0 Å². The van der Waals surface area contributed by atoms with Crippen molar-refractivity contribution in [1.82, 2.24) is 4.90 Å². The van der Waals surface area contributed by atoms with Crippen molar-refractivity contribution in [3.63, 3.8) is 0 Å². The van der Waals surface area contributed by atoms with E-state index >= 15 is 0 Å². The lowest BCUT2D eigenvalue weighted by atomic mass is 9.86. The molecular formula is C16H29NO2. The maximum Gasteiger partial charge on any atom is 0.410 e. The van der Waals surface area contributed by atoms with E-state index in [0.29, 0.717) is 11.8 Å². The van der Waals surface area contributed by atoms with E-state index < -0.39 is 0 Å². The SMILES string of the molecule is CC(C)[C@@H]1C=C[C@H](OC(=O)N(C(C)C)C(C)C)CC1. The Bertz CT molecular complexity index is 313. The first-order valence-corrected chi connectivity index (χ1v) is 7.50. The van der Waals surface area contributed by atoms with Crippen LogP contribution in [0.15, 0.2) is 12.2 Å². The molecule has 0 heterocycles. The van der Waals surface area contributed by atoms with Gasteiger partial charge in [0.1, 0.15) is 6.10 Å². The fourth-order valence-corrected chi connectivity index (χ4v) is 2.68. The fraction of sp³-hybridized carbons (Fsp3) is 0.812. The third-order valence-corrected chi connectivity index (χ3v) is 3.79. The zero-order valence-corrected chi connectivity index (χ0v) is 13.2. The molecule has 0 aliphatic heterocycles. The van der Waals surface area contributed by atoms with Gasteiger partial charge < -0.3 is 9.64 Å². The lowest BCUT2D eigenvalue weighted by Crippen LogP contribution is -2.43. The number of carbonyl (C=O) groups is 1. The van der Waals surface area contributed by atoms with Gasteiger partial charge in [-0.25, -0.2) is 4.79 Å². The Morgan fingerprint density at radius 3 is 2.00 bits per heavy atom. The number of rotatable bonds is 4. The highest BCUT2D eigenvalue weighted by atomic mass is 16.6. The molecule has 2 atom stereocenters. The lowest BCUT2D eigenvalue weighted by molar-refractivity contribution is 0.0534. The Morgan fingerprint density at radius 1 is 1.05 bits per heavy atom. The van der Waals surface area contributed by atoms with Crippen LogP contribution in [0.2, 0.25) is 0 Å². The normalized spacial score (nSPS) is 23.2. The van der Waals surface area contributed by atoms with Gasteiger partial charge in [0.05, 0.1) is 0 Å². The topological polar surface area (TPSA) is 29.5 Å². The van der Waals surface area contributed by atoms with Gasteiger partial charge in [-0.2, -0.15) is 0 Å². The number of hydrogen-bond donors (Lipinski definition) is 0.